The fourth-order valence-electron chi connectivity index (χ4n) is 0.996. The second-order valence-electron chi connectivity index (χ2n) is 2.76. The number of hydrogen-bond acceptors (Lipinski definition) is 2. The molecule has 5 heteroatoms. The summed E-state index contributed by atoms with van der Waals surface area (Å²) in [6, 6.07) is 0. The Morgan fingerprint density at radius 3 is 2.77 bits per heavy atom. The molecule has 0 bridgehead atoms. The third-order valence-electron chi connectivity index (χ3n) is 1.60. The van der Waals surface area contributed by atoms with Gasteiger partial charge in [0, 0.05) is 12.6 Å². The van der Waals surface area contributed by atoms with E-state index in [0.29, 0.717) is 24.3 Å². The molecule has 0 aromatic heterocycles. The van der Waals surface area contributed by atoms with Gasteiger partial charge < -0.3 is 4.74 Å². The first kappa shape index (κ1) is 10.1. The molecule has 0 fully saturated rings. The maximum absolute atomic E-state index is 11.8. The minimum atomic E-state index is -4.27. The molecule has 0 saturated heterocycles. The summed E-state index contributed by atoms with van der Waals surface area (Å²) in [7, 11) is 0. The number of alkyl halides is 3. The molecule has 0 aromatic carbocycles. The summed E-state index contributed by atoms with van der Waals surface area (Å²) in [4.78, 5) is 3.87. The Hall–Kier alpha value is -1.00. The van der Waals surface area contributed by atoms with Crippen molar-refractivity contribution in [1.82, 2.24) is 0 Å². The van der Waals surface area contributed by atoms with Gasteiger partial charge in [-0.15, -0.1) is 0 Å². The highest BCUT2D eigenvalue weighted by Gasteiger charge is 2.29. The Labute approximate surface area is 74.1 Å². The van der Waals surface area contributed by atoms with Crippen LogP contribution in [-0.4, -0.2) is 19.0 Å². The number of halogens is 3. The smallest absolute Gasteiger partial charge is 0.422 e. The van der Waals surface area contributed by atoms with E-state index in [-0.39, 0.29) is 0 Å². The lowest BCUT2D eigenvalue weighted by Gasteiger charge is -2.15. The summed E-state index contributed by atoms with van der Waals surface area (Å²) in [6.45, 7) is 0.413. The lowest BCUT2D eigenvalue weighted by Crippen LogP contribution is -2.17. The van der Waals surface area contributed by atoms with E-state index in [1.54, 1.807) is 13.1 Å². The molecule has 0 aliphatic carbocycles. The van der Waals surface area contributed by atoms with Gasteiger partial charge in [0.05, 0.1) is 5.70 Å². The zero-order valence-electron chi connectivity index (χ0n) is 7.19. The first-order valence-corrected chi connectivity index (χ1v) is 3.91. The van der Waals surface area contributed by atoms with Gasteiger partial charge in [0.1, 0.15) is 5.76 Å². The van der Waals surface area contributed by atoms with Gasteiger partial charge in [-0.25, -0.2) is 0 Å². The van der Waals surface area contributed by atoms with E-state index in [0.717, 1.165) is 0 Å². The highest BCUT2D eigenvalue weighted by molar-refractivity contribution is 5.60. The molecule has 0 radical (unpaired) electrons. The van der Waals surface area contributed by atoms with Crippen LogP contribution in [0.3, 0.4) is 0 Å². The zero-order chi connectivity index (χ0) is 9.90. The van der Waals surface area contributed by atoms with Crippen molar-refractivity contribution in [2.75, 3.05) is 6.61 Å². The van der Waals surface area contributed by atoms with Crippen molar-refractivity contribution in [2.45, 2.75) is 25.9 Å². The average molecular weight is 193 g/mol. The van der Waals surface area contributed by atoms with Crippen LogP contribution in [0.15, 0.2) is 16.4 Å². The Bertz CT molecular complexity index is 242. The fraction of sp³-hybridized carbons (Fsp3) is 0.625. The third-order valence-corrected chi connectivity index (χ3v) is 1.60. The highest BCUT2D eigenvalue weighted by atomic mass is 19.4. The van der Waals surface area contributed by atoms with Gasteiger partial charge >= 0.3 is 6.18 Å². The van der Waals surface area contributed by atoms with Crippen LogP contribution in [0.1, 0.15) is 19.8 Å². The molecule has 2 nitrogen and oxygen atoms in total. The van der Waals surface area contributed by atoms with Crippen LogP contribution in [0, 0.1) is 0 Å². The molecule has 0 amide bonds. The normalized spacial score (nSPS) is 17.8. The molecule has 1 heterocycles. The summed E-state index contributed by atoms with van der Waals surface area (Å²) in [5, 5.41) is 0. The second kappa shape index (κ2) is 3.81. The molecule has 0 aromatic rings. The average Bonchev–Trinajstić information content (AvgIpc) is 2.01. The van der Waals surface area contributed by atoms with Gasteiger partial charge in [-0.05, 0) is 13.3 Å². The summed E-state index contributed by atoms with van der Waals surface area (Å²) >= 11 is 0. The van der Waals surface area contributed by atoms with Crippen LogP contribution < -0.4 is 0 Å². The van der Waals surface area contributed by atoms with E-state index in [4.69, 9.17) is 0 Å². The number of hydrogen-bond donors (Lipinski definition) is 0. The van der Waals surface area contributed by atoms with Gasteiger partial charge in [-0.3, -0.25) is 4.99 Å². The van der Waals surface area contributed by atoms with Crippen LogP contribution in [-0.2, 0) is 4.74 Å². The Morgan fingerprint density at radius 1 is 1.54 bits per heavy atom. The van der Waals surface area contributed by atoms with Gasteiger partial charge in [0.25, 0.3) is 0 Å². The molecule has 13 heavy (non-hydrogen) atoms. The lowest BCUT2D eigenvalue weighted by molar-refractivity contribution is -0.165. The predicted molar refractivity (Wildman–Crippen MR) is 42.4 cm³/mol. The summed E-state index contributed by atoms with van der Waals surface area (Å²) in [5.74, 6) is 0.347. The zero-order valence-corrected chi connectivity index (χ0v) is 7.19. The standard InChI is InChI=1S/C8H10F3NO/c1-6-7(3-2-4-12-6)13-5-8(9,10)11/h4H,2-3,5H2,1H3. The van der Waals surface area contributed by atoms with Gasteiger partial charge in [-0.2, -0.15) is 13.2 Å². The molecule has 1 aliphatic heterocycles. The van der Waals surface area contributed by atoms with E-state index in [1.807, 2.05) is 0 Å². The molecule has 0 unspecified atom stereocenters. The molecule has 1 rings (SSSR count). The summed E-state index contributed by atoms with van der Waals surface area (Å²) in [5.41, 5.74) is 0.538. The van der Waals surface area contributed by atoms with Crippen molar-refractivity contribution in [2.24, 2.45) is 4.99 Å². The topological polar surface area (TPSA) is 21.6 Å². The molecule has 74 valence electrons. The maximum Gasteiger partial charge on any atom is 0.422 e. The molecule has 0 atom stereocenters. The Balaban J connectivity index is 2.49. The first-order valence-electron chi connectivity index (χ1n) is 3.91. The number of nitrogens with zero attached hydrogens (tertiary/aromatic N) is 1. The van der Waals surface area contributed by atoms with Crippen LogP contribution in [0.2, 0.25) is 0 Å². The molecular formula is C8H10F3NO. The Morgan fingerprint density at radius 2 is 2.23 bits per heavy atom. The predicted octanol–water partition coefficient (Wildman–Crippen LogP) is 2.66. The maximum atomic E-state index is 11.8. The summed E-state index contributed by atoms with van der Waals surface area (Å²) in [6.07, 6.45) is -1.44. The van der Waals surface area contributed by atoms with Crippen molar-refractivity contribution < 1.29 is 17.9 Å². The van der Waals surface area contributed by atoms with E-state index in [2.05, 4.69) is 9.73 Å². The fourth-order valence-corrected chi connectivity index (χ4v) is 0.996. The van der Waals surface area contributed by atoms with Crippen LogP contribution in [0.5, 0.6) is 0 Å². The molecule has 0 spiro atoms. The summed E-state index contributed by atoms with van der Waals surface area (Å²) < 4.78 is 39.9. The van der Waals surface area contributed by atoms with Gasteiger partial charge in [-0.1, -0.05) is 0 Å². The number of rotatable bonds is 2. The van der Waals surface area contributed by atoms with Crippen molar-refractivity contribution in [3.63, 3.8) is 0 Å². The van der Waals surface area contributed by atoms with Crippen molar-refractivity contribution >= 4 is 6.21 Å². The number of aliphatic imine (C=N–C) groups is 1. The van der Waals surface area contributed by atoms with Crippen LogP contribution in [0.25, 0.3) is 0 Å². The van der Waals surface area contributed by atoms with Gasteiger partial charge in [0.15, 0.2) is 6.61 Å². The highest BCUT2D eigenvalue weighted by Crippen LogP contribution is 2.22. The van der Waals surface area contributed by atoms with Crippen LogP contribution in [0.4, 0.5) is 13.2 Å². The molecule has 0 N–H and O–H groups in total. The minimum Gasteiger partial charge on any atom is -0.487 e. The second-order valence-corrected chi connectivity index (χ2v) is 2.76. The Kier molecular flexibility index (Phi) is 2.95. The quantitative estimate of drug-likeness (QED) is 0.660. The molecular weight excluding hydrogens is 183 g/mol. The van der Waals surface area contributed by atoms with Gasteiger partial charge in [0.2, 0.25) is 0 Å². The lowest BCUT2D eigenvalue weighted by atomic mass is 10.2. The molecule has 0 saturated carbocycles. The minimum absolute atomic E-state index is 0.347. The molecule has 1 aliphatic rings. The van der Waals surface area contributed by atoms with Crippen LogP contribution >= 0.6 is 0 Å². The van der Waals surface area contributed by atoms with E-state index in [9.17, 15) is 13.2 Å². The SMILES string of the molecule is CC1=C(OCC(F)(F)F)CCC=N1. The van der Waals surface area contributed by atoms with Crippen molar-refractivity contribution in [3.8, 4) is 0 Å². The monoisotopic (exact) mass is 193 g/mol. The van der Waals surface area contributed by atoms with E-state index in [1.165, 1.54) is 0 Å². The van der Waals surface area contributed by atoms with Crippen molar-refractivity contribution in [1.29, 1.82) is 0 Å². The largest absolute Gasteiger partial charge is 0.487 e. The van der Waals surface area contributed by atoms with Crippen molar-refractivity contribution in [3.05, 3.63) is 11.5 Å². The van der Waals surface area contributed by atoms with E-state index < -0.39 is 12.8 Å². The van der Waals surface area contributed by atoms with E-state index >= 15 is 0 Å². The first-order chi connectivity index (χ1) is 5.99. The number of allylic oxidation sites excluding steroid dienone is 2. The number of ether oxygens (including phenoxy) is 1. The third kappa shape index (κ3) is 3.48.